The van der Waals surface area contributed by atoms with E-state index in [1.54, 1.807) is 0 Å². The highest BCUT2D eigenvalue weighted by molar-refractivity contribution is 6.14. The molecule has 2 aromatic heterocycles. The Hall–Kier alpha value is -8.92. The summed E-state index contributed by atoms with van der Waals surface area (Å²) >= 11 is 0. The van der Waals surface area contributed by atoms with Crippen LogP contribution in [0.4, 0.5) is 17.1 Å². The molecule has 0 saturated heterocycles. The molecule has 3 nitrogen and oxygen atoms in total. The summed E-state index contributed by atoms with van der Waals surface area (Å²) < 4.78 is 8.83. The van der Waals surface area contributed by atoms with Crippen molar-refractivity contribution in [3.8, 4) is 50.2 Å². The summed E-state index contributed by atoms with van der Waals surface area (Å²) in [5.41, 5.74) is 17.8. The highest BCUT2D eigenvalue weighted by atomic mass is 16.3. The number of para-hydroxylation sites is 5. The van der Waals surface area contributed by atoms with Gasteiger partial charge in [0, 0.05) is 44.0 Å². The average molecular weight is 855 g/mol. The van der Waals surface area contributed by atoms with Gasteiger partial charge in [0.25, 0.3) is 0 Å². The second-order valence-corrected chi connectivity index (χ2v) is 17.2. The summed E-state index contributed by atoms with van der Waals surface area (Å²) in [4.78, 5) is 2.40. The van der Waals surface area contributed by atoms with Crippen LogP contribution in [-0.2, 0) is 0 Å². The summed E-state index contributed by atoms with van der Waals surface area (Å²) in [7, 11) is 0. The fourth-order valence-corrected chi connectivity index (χ4v) is 10.3. The molecule has 13 rings (SSSR count). The molecule has 2 heterocycles. The third kappa shape index (κ3) is 6.51. The maximum Gasteiger partial charge on any atom is 0.136 e. The van der Waals surface area contributed by atoms with E-state index in [1.165, 1.54) is 54.8 Å². The van der Waals surface area contributed by atoms with Gasteiger partial charge in [0.1, 0.15) is 11.2 Å². The van der Waals surface area contributed by atoms with Crippen LogP contribution in [0.1, 0.15) is 0 Å². The highest BCUT2D eigenvalue weighted by Crippen LogP contribution is 2.46. The van der Waals surface area contributed by atoms with Crippen LogP contribution in [0.3, 0.4) is 0 Å². The fraction of sp³-hybridized carbons (Fsp3) is 0. The van der Waals surface area contributed by atoms with Crippen molar-refractivity contribution in [2.24, 2.45) is 0 Å². The molecular formula is C64H42N2O. The van der Waals surface area contributed by atoms with Crippen LogP contribution in [-0.4, -0.2) is 4.57 Å². The maximum atomic E-state index is 6.41. The largest absolute Gasteiger partial charge is 0.456 e. The number of furan rings is 1. The lowest BCUT2D eigenvalue weighted by molar-refractivity contribution is 0.669. The number of hydrogen-bond acceptors (Lipinski definition) is 2. The summed E-state index contributed by atoms with van der Waals surface area (Å²) in [5, 5.41) is 7.24. The first-order valence-corrected chi connectivity index (χ1v) is 22.9. The van der Waals surface area contributed by atoms with Crippen LogP contribution in [0.5, 0.6) is 0 Å². The highest BCUT2D eigenvalue weighted by Gasteiger charge is 2.21. The molecule has 0 fully saturated rings. The monoisotopic (exact) mass is 854 g/mol. The molecule has 314 valence electrons. The van der Waals surface area contributed by atoms with E-state index in [4.69, 9.17) is 4.42 Å². The van der Waals surface area contributed by atoms with Crippen LogP contribution in [0, 0.1) is 0 Å². The van der Waals surface area contributed by atoms with Gasteiger partial charge in [-0.05, 0) is 105 Å². The predicted octanol–water partition coefficient (Wildman–Crippen LogP) is 18.0. The third-order valence-electron chi connectivity index (χ3n) is 13.4. The van der Waals surface area contributed by atoms with Crippen molar-refractivity contribution in [2.45, 2.75) is 0 Å². The number of hydrogen-bond donors (Lipinski definition) is 0. The molecule has 0 aliphatic carbocycles. The predicted molar refractivity (Wildman–Crippen MR) is 282 cm³/mol. The Labute approximate surface area is 388 Å². The van der Waals surface area contributed by atoms with E-state index in [9.17, 15) is 0 Å². The van der Waals surface area contributed by atoms with Crippen molar-refractivity contribution in [1.29, 1.82) is 0 Å². The van der Waals surface area contributed by atoms with E-state index in [1.807, 2.05) is 6.07 Å². The Morgan fingerprint density at radius 3 is 1.49 bits per heavy atom. The number of anilines is 3. The minimum atomic E-state index is 0.877. The van der Waals surface area contributed by atoms with Crippen molar-refractivity contribution in [3.05, 3.63) is 255 Å². The Balaban J connectivity index is 0.929. The molecule has 0 unspecified atom stereocenters. The zero-order valence-electron chi connectivity index (χ0n) is 36.6. The Bertz CT molecular complexity index is 3910. The molecule has 0 N–H and O–H groups in total. The van der Waals surface area contributed by atoms with Gasteiger partial charge < -0.3 is 13.9 Å². The smallest absolute Gasteiger partial charge is 0.136 e. The summed E-state index contributed by atoms with van der Waals surface area (Å²) in [6, 6.07) is 91.9. The fourth-order valence-electron chi connectivity index (χ4n) is 10.3. The van der Waals surface area contributed by atoms with Gasteiger partial charge in [0.15, 0.2) is 0 Å². The number of aromatic nitrogens is 1. The van der Waals surface area contributed by atoms with Gasteiger partial charge in [-0.3, -0.25) is 0 Å². The van der Waals surface area contributed by atoms with Crippen LogP contribution in [0.25, 0.3) is 105 Å². The molecule has 0 aliphatic heterocycles. The quantitative estimate of drug-likeness (QED) is 0.152. The van der Waals surface area contributed by atoms with E-state index >= 15 is 0 Å². The van der Waals surface area contributed by atoms with E-state index in [2.05, 4.69) is 258 Å². The zero-order valence-corrected chi connectivity index (χ0v) is 36.6. The van der Waals surface area contributed by atoms with Crippen LogP contribution in [0.2, 0.25) is 0 Å². The van der Waals surface area contributed by atoms with Gasteiger partial charge >= 0.3 is 0 Å². The number of rotatable bonds is 8. The number of benzene rings is 11. The minimum absolute atomic E-state index is 0.877. The Morgan fingerprint density at radius 1 is 0.299 bits per heavy atom. The molecule has 0 atom stereocenters. The zero-order chi connectivity index (χ0) is 44.3. The lowest BCUT2D eigenvalue weighted by Crippen LogP contribution is -2.11. The van der Waals surface area contributed by atoms with Gasteiger partial charge in [-0.25, -0.2) is 0 Å². The molecule has 0 spiro atoms. The first-order chi connectivity index (χ1) is 33.2. The SMILES string of the molecule is c1ccc(N(c2ccc(-c3ccc(-c4cccc5ccccc45)cc3)cc2)c2ccc(-c3ccccc3-n3c4ccccc4c4ccccc43)cc2)c(-c2cccc3oc4ccccc4c23)c1. The maximum absolute atomic E-state index is 6.41. The van der Waals surface area contributed by atoms with Gasteiger partial charge in [-0.15, -0.1) is 0 Å². The van der Waals surface area contributed by atoms with Crippen molar-refractivity contribution in [1.82, 2.24) is 4.57 Å². The summed E-state index contributed by atoms with van der Waals surface area (Å²) in [6.45, 7) is 0. The number of nitrogens with zero attached hydrogens (tertiary/aromatic N) is 2. The van der Waals surface area contributed by atoms with Crippen molar-refractivity contribution >= 4 is 71.6 Å². The molecule has 0 bridgehead atoms. The molecule has 0 saturated carbocycles. The summed E-state index contributed by atoms with van der Waals surface area (Å²) in [5.74, 6) is 0. The topological polar surface area (TPSA) is 21.3 Å². The lowest BCUT2D eigenvalue weighted by Gasteiger charge is -2.28. The third-order valence-corrected chi connectivity index (χ3v) is 13.4. The average Bonchev–Trinajstić information content (AvgIpc) is 3.95. The Morgan fingerprint density at radius 2 is 0.761 bits per heavy atom. The van der Waals surface area contributed by atoms with Gasteiger partial charge in [0.05, 0.1) is 22.4 Å². The van der Waals surface area contributed by atoms with Gasteiger partial charge in [-0.1, -0.05) is 194 Å². The van der Waals surface area contributed by atoms with E-state index < -0.39 is 0 Å². The first kappa shape index (κ1) is 38.5. The second kappa shape index (κ2) is 16.0. The molecular weight excluding hydrogens is 813 g/mol. The Kier molecular flexibility index (Phi) is 9.17. The minimum Gasteiger partial charge on any atom is -0.456 e. The first-order valence-electron chi connectivity index (χ1n) is 22.9. The molecule has 11 aromatic carbocycles. The van der Waals surface area contributed by atoms with Crippen molar-refractivity contribution in [2.75, 3.05) is 4.90 Å². The molecule has 3 heteroatoms. The molecule has 67 heavy (non-hydrogen) atoms. The molecule has 13 aromatic rings. The summed E-state index contributed by atoms with van der Waals surface area (Å²) in [6.07, 6.45) is 0. The van der Waals surface area contributed by atoms with E-state index in [0.717, 1.165) is 66.9 Å². The van der Waals surface area contributed by atoms with Crippen LogP contribution >= 0.6 is 0 Å². The lowest BCUT2D eigenvalue weighted by atomic mass is 9.95. The van der Waals surface area contributed by atoms with E-state index in [-0.39, 0.29) is 0 Å². The molecule has 0 amide bonds. The van der Waals surface area contributed by atoms with Gasteiger partial charge in [-0.2, -0.15) is 0 Å². The van der Waals surface area contributed by atoms with Crippen molar-refractivity contribution < 1.29 is 4.42 Å². The van der Waals surface area contributed by atoms with Crippen LogP contribution < -0.4 is 4.90 Å². The standard InChI is InChI=1S/C64H42N2O/c1-2-17-50-45(15-1)16-13-23-51(50)46-33-31-43(32-34-46)44-35-39-48(40-36-44)65(59-26-9-6-21-55(59)56-24-14-30-63-64(56)57-22-7-12-29-62(57)67-63)49-41-37-47(38-42-49)52-18-3-8-25-58(52)66-60-27-10-4-19-53(60)54-20-5-11-28-61(54)66/h1-42H. The second-order valence-electron chi connectivity index (χ2n) is 17.2. The van der Waals surface area contributed by atoms with Crippen LogP contribution in [0.15, 0.2) is 259 Å². The molecule has 0 radical (unpaired) electrons. The van der Waals surface area contributed by atoms with Crippen molar-refractivity contribution in [3.63, 3.8) is 0 Å². The van der Waals surface area contributed by atoms with Gasteiger partial charge in [0.2, 0.25) is 0 Å². The molecule has 0 aliphatic rings. The van der Waals surface area contributed by atoms with E-state index in [0.29, 0.717) is 0 Å². The normalized spacial score (nSPS) is 11.6. The number of fused-ring (bicyclic) bond motifs is 7.